The van der Waals surface area contributed by atoms with E-state index < -0.39 is 18.2 Å². The average Bonchev–Trinajstić information content (AvgIpc) is 2.96. The molecule has 0 bridgehead atoms. The van der Waals surface area contributed by atoms with Crippen LogP contribution in [-0.2, 0) is 0 Å². The summed E-state index contributed by atoms with van der Waals surface area (Å²) in [5, 5.41) is 26.2. The normalized spacial score (nSPS) is 26.1. The first-order valence-corrected chi connectivity index (χ1v) is 6.67. The second kappa shape index (κ2) is 4.88. The van der Waals surface area contributed by atoms with Crippen molar-refractivity contribution in [2.24, 2.45) is 0 Å². The van der Waals surface area contributed by atoms with Crippen LogP contribution >= 0.6 is 0 Å². The standard InChI is InChI=1S/C14H17N3O3/c1-8-2-4-11-9(6-15-17(11)7-8)14(20)16-10-3-5-12(18)13(10)19/h2,4,6-7,10,12-13,18-19H,3,5H2,1H3,(H,16,20)/t10-,12-,13+/m1/s1. The van der Waals surface area contributed by atoms with E-state index >= 15 is 0 Å². The molecule has 1 fully saturated rings. The van der Waals surface area contributed by atoms with Crippen LogP contribution in [0.4, 0.5) is 0 Å². The van der Waals surface area contributed by atoms with Crippen LogP contribution in [0.1, 0.15) is 28.8 Å². The fourth-order valence-corrected chi connectivity index (χ4v) is 2.63. The highest BCUT2D eigenvalue weighted by Crippen LogP contribution is 2.20. The number of hydrogen-bond donors (Lipinski definition) is 3. The minimum absolute atomic E-state index is 0.276. The third-order valence-electron chi connectivity index (χ3n) is 3.81. The number of aliphatic hydroxyl groups excluding tert-OH is 2. The number of aryl methyl sites for hydroxylation is 1. The molecule has 3 rings (SSSR count). The molecule has 6 heteroatoms. The lowest BCUT2D eigenvalue weighted by Crippen LogP contribution is -2.42. The summed E-state index contributed by atoms with van der Waals surface area (Å²) in [5.74, 6) is -0.276. The molecule has 0 spiro atoms. The Hall–Kier alpha value is -1.92. The number of aliphatic hydroxyl groups is 2. The molecule has 106 valence electrons. The summed E-state index contributed by atoms with van der Waals surface area (Å²) in [6, 6.07) is 3.36. The lowest BCUT2D eigenvalue weighted by molar-refractivity contribution is 0.0297. The van der Waals surface area contributed by atoms with Gasteiger partial charge >= 0.3 is 0 Å². The maximum atomic E-state index is 12.3. The largest absolute Gasteiger partial charge is 0.390 e. The molecule has 0 aliphatic heterocycles. The van der Waals surface area contributed by atoms with Crippen LogP contribution in [-0.4, -0.2) is 44.0 Å². The van der Waals surface area contributed by atoms with E-state index in [1.54, 1.807) is 4.52 Å². The van der Waals surface area contributed by atoms with Gasteiger partial charge in [0.1, 0.15) is 6.10 Å². The molecule has 6 nitrogen and oxygen atoms in total. The summed E-state index contributed by atoms with van der Waals surface area (Å²) >= 11 is 0. The molecule has 1 amide bonds. The van der Waals surface area contributed by atoms with Crippen molar-refractivity contribution in [1.82, 2.24) is 14.9 Å². The van der Waals surface area contributed by atoms with Crippen LogP contribution in [0.15, 0.2) is 24.5 Å². The Morgan fingerprint density at radius 3 is 2.90 bits per heavy atom. The summed E-state index contributed by atoms with van der Waals surface area (Å²) in [7, 11) is 0. The number of hydrogen-bond acceptors (Lipinski definition) is 4. The molecule has 2 heterocycles. The number of aromatic nitrogens is 2. The van der Waals surface area contributed by atoms with Crippen molar-refractivity contribution in [1.29, 1.82) is 0 Å². The van der Waals surface area contributed by atoms with Gasteiger partial charge in [-0.1, -0.05) is 6.07 Å². The lowest BCUT2D eigenvalue weighted by atomic mass is 10.1. The van der Waals surface area contributed by atoms with E-state index in [-0.39, 0.29) is 5.91 Å². The molecule has 0 saturated heterocycles. The van der Waals surface area contributed by atoms with Gasteiger partial charge in [0.05, 0.1) is 29.4 Å². The molecular weight excluding hydrogens is 258 g/mol. The first kappa shape index (κ1) is 13.1. The molecule has 3 N–H and O–H groups in total. The van der Waals surface area contributed by atoms with Gasteiger partial charge < -0.3 is 15.5 Å². The van der Waals surface area contributed by atoms with Crippen LogP contribution in [0.2, 0.25) is 0 Å². The molecule has 1 aliphatic rings. The molecule has 0 radical (unpaired) electrons. The fourth-order valence-electron chi connectivity index (χ4n) is 2.63. The Morgan fingerprint density at radius 1 is 1.40 bits per heavy atom. The Morgan fingerprint density at radius 2 is 2.20 bits per heavy atom. The number of nitrogens with one attached hydrogen (secondary N) is 1. The summed E-state index contributed by atoms with van der Waals surface area (Å²) in [5.41, 5.74) is 2.25. The van der Waals surface area contributed by atoms with Crippen LogP contribution in [0, 0.1) is 6.92 Å². The second-order valence-electron chi connectivity index (χ2n) is 5.31. The maximum absolute atomic E-state index is 12.3. The Bertz CT molecular complexity index is 652. The van der Waals surface area contributed by atoms with Crippen LogP contribution in [0.5, 0.6) is 0 Å². The molecule has 3 atom stereocenters. The molecule has 20 heavy (non-hydrogen) atoms. The minimum Gasteiger partial charge on any atom is -0.390 e. The van der Waals surface area contributed by atoms with E-state index in [2.05, 4.69) is 10.4 Å². The van der Waals surface area contributed by atoms with Crippen molar-refractivity contribution in [2.75, 3.05) is 0 Å². The molecule has 2 aromatic heterocycles. The minimum atomic E-state index is -0.900. The third-order valence-corrected chi connectivity index (χ3v) is 3.81. The van der Waals surface area contributed by atoms with E-state index in [0.29, 0.717) is 18.4 Å². The van der Waals surface area contributed by atoms with Gasteiger partial charge in [0.25, 0.3) is 5.91 Å². The van der Waals surface area contributed by atoms with E-state index in [1.807, 2.05) is 25.3 Å². The zero-order valence-corrected chi connectivity index (χ0v) is 11.2. The Balaban J connectivity index is 1.82. The third kappa shape index (κ3) is 2.17. The Labute approximate surface area is 116 Å². The van der Waals surface area contributed by atoms with Gasteiger partial charge in [0, 0.05) is 6.20 Å². The number of carbonyl (C=O) groups excluding carboxylic acids is 1. The number of nitrogens with zero attached hydrogens (tertiary/aromatic N) is 2. The highest BCUT2D eigenvalue weighted by molar-refractivity contribution is 6.00. The average molecular weight is 275 g/mol. The predicted molar refractivity (Wildman–Crippen MR) is 72.4 cm³/mol. The van der Waals surface area contributed by atoms with Gasteiger partial charge in [0.15, 0.2) is 0 Å². The van der Waals surface area contributed by atoms with Gasteiger partial charge in [-0.2, -0.15) is 5.10 Å². The molecule has 0 unspecified atom stereocenters. The summed E-state index contributed by atoms with van der Waals surface area (Å²) in [6.45, 7) is 1.96. The van der Waals surface area contributed by atoms with Crippen molar-refractivity contribution < 1.29 is 15.0 Å². The number of fused-ring (bicyclic) bond motifs is 1. The smallest absolute Gasteiger partial charge is 0.255 e. The van der Waals surface area contributed by atoms with Crippen molar-refractivity contribution in [3.63, 3.8) is 0 Å². The summed E-state index contributed by atoms with van der Waals surface area (Å²) in [4.78, 5) is 12.3. The molecule has 0 aromatic carbocycles. The molecule has 1 aliphatic carbocycles. The fraction of sp³-hybridized carbons (Fsp3) is 0.429. The zero-order chi connectivity index (χ0) is 14.3. The van der Waals surface area contributed by atoms with Crippen molar-refractivity contribution in [2.45, 2.75) is 38.0 Å². The number of pyridine rings is 1. The number of carbonyl (C=O) groups is 1. The highest BCUT2D eigenvalue weighted by atomic mass is 16.3. The SMILES string of the molecule is Cc1ccc2c(C(=O)N[C@@H]3CC[C@@H](O)[C@H]3O)cnn2c1. The van der Waals surface area contributed by atoms with Gasteiger partial charge in [-0.05, 0) is 31.4 Å². The lowest BCUT2D eigenvalue weighted by Gasteiger charge is -2.17. The molecule has 1 saturated carbocycles. The number of amides is 1. The van der Waals surface area contributed by atoms with Crippen LogP contribution < -0.4 is 5.32 Å². The first-order valence-electron chi connectivity index (χ1n) is 6.67. The van der Waals surface area contributed by atoms with Gasteiger partial charge in [-0.15, -0.1) is 0 Å². The topological polar surface area (TPSA) is 86.9 Å². The van der Waals surface area contributed by atoms with E-state index in [1.165, 1.54) is 6.20 Å². The van der Waals surface area contributed by atoms with E-state index in [0.717, 1.165) is 11.1 Å². The predicted octanol–water partition coefficient (Wildman–Crippen LogP) is 0.257. The summed E-state index contributed by atoms with van der Waals surface area (Å²) in [6.07, 6.45) is 2.78. The number of rotatable bonds is 2. The van der Waals surface area contributed by atoms with Crippen molar-refractivity contribution in [3.05, 3.63) is 35.7 Å². The van der Waals surface area contributed by atoms with E-state index in [9.17, 15) is 15.0 Å². The van der Waals surface area contributed by atoms with Crippen molar-refractivity contribution >= 4 is 11.4 Å². The van der Waals surface area contributed by atoms with Crippen LogP contribution in [0.25, 0.3) is 5.52 Å². The zero-order valence-electron chi connectivity index (χ0n) is 11.2. The molecule has 2 aromatic rings. The van der Waals surface area contributed by atoms with Crippen LogP contribution in [0.3, 0.4) is 0 Å². The monoisotopic (exact) mass is 275 g/mol. The van der Waals surface area contributed by atoms with Gasteiger partial charge in [-0.25, -0.2) is 4.52 Å². The Kier molecular flexibility index (Phi) is 3.19. The van der Waals surface area contributed by atoms with E-state index in [4.69, 9.17) is 0 Å². The van der Waals surface area contributed by atoms with Crippen molar-refractivity contribution in [3.8, 4) is 0 Å². The maximum Gasteiger partial charge on any atom is 0.255 e. The quantitative estimate of drug-likeness (QED) is 0.733. The molecular formula is C14H17N3O3. The summed E-state index contributed by atoms with van der Waals surface area (Å²) < 4.78 is 1.66. The highest BCUT2D eigenvalue weighted by Gasteiger charge is 2.34. The van der Waals surface area contributed by atoms with Gasteiger partial charge in [0.2, 0.25) is 0 Å². The second-order valence-corrected chi connectivity index (χ2v) is 5.31. The first-order chi connectivity index (χ1) is 9.56. The van der Waals surface area contributed by atoms with Gasteiger partial charge in [-0.3, -0.25) is 4.79 Å².